The molecule has 1 rings (SSSR count). The summed E-state index contributed by atoms with van der Waals surface area (Å²) >= 11 is 0. The van der Waals surface area contributed by atoms with Crippen molar-refractivity contribution in [3.05, 3.63) is 35.4 Å². The van der Waals surface area contributed by atoms with Gasteiger partial charge in [0, 0.05) is 0 Å². The third-order valence-corrected chi connectivity index (χ3v) is 2.19. The lowest BCUT2D eigenvalue weighted by Crippen LogP contribution is -2.05. The Balaban J connectivity index is 2.59. The van der Waals surface area contributed by atoms with Crippen LogP contribution in [0.2, 0.25) is 0 Å². The Labute approximate surface area is 85.8 Å². The van der Waals surface area contributed by atoms with E-state index in [4.69, 9.17) is 5.73 Å². The average Bonchev–Trinajstić information content (AvgIpc) is 2.14. The largest absolute Gasteiger partial charge is 0.393 e. The van der Waals surface area contributed by atoms with E-state index in [1.54, 1.807) is 0 Å². The summed E-state index contributed by atoms with van der Waals surface area (Å²) in [6.07, 6.45) is 2.53. The molecule has 2 nitrogen and oxygen atoms in total. The molecule has 0 heterocycles. The van der Waals surface area contributed by atoms with E-state index in [9.17, 15) is 5.11 Å². The number of hydrogen-bond donors (Lipinski definition) is 2. The molecule has 2 heteroatoms. The minimum atomic E-state index is -0.264. The first-order chi connectivity index (χ1) is 6.72. The van der Waals surface area contributed by atoms with E-state index in [2.05, 4.69) is 18.2 Å². The summed E-state index contributed by atoms with van der Waals surface area (Å²) < 4.78 is 0. The van der Waals surface area contributed by atoms with Gasteiger partial charge < -0.3 is 10.8 Å². The fraction of sp³-hybridized carbons (Fsp3) is 0.500. The predicted molar refractivity (Wildman–Crippen MR) is 59.2 cm³/mol. The molecule has 78 valence electrons. The first-order valence-electron chi connectivity index (χ1n) is 5.18. The third-order valence-electron chi connectivity index (χ3n) is 2.19. The minimum Gasteiger partial charge on any atom is -0.393 e. The number of rotatable bonds is 5. The molecule has 0 aliphatic rings. The standard InChI is InChI=1S/C12H19NO/c1-10(14)8-12-5-2-4-11(9-12)6-3-7-13/h2,4-5,9-10,14H,3,6-8,13H2,1H3. The molecule has 0 saturated carbocycles. The fourth-order valence-electron chi connectivity index (χ4n) is 1.56. The predicted octanol–water partition coefficient (Wildman–Crippen LogP) is 1.50. The van der Waals surface area contributed by atoms with Crippen LogP contribution < -0.4 is 5.73 Å². The Morgan fingerprint density at radius 3 is 2.71 bits per heavy atom. The molecule has 0 aliphatic carbocycles. The number of aliphatic hydroxyl groups excluding tert-OH is 1. The number of aliphatic hydroxyl groups is 1. The van der Waals surface area contributed by atoms with Crippen LogP contribution in [0.4, 0.5) is 0 Å². The fourth-order valence-corrected chi connectivity index (χ4v) is 1.56. The van der Waals surface area contributed by atoms with Crippen molar-refractivity contribution in [1.82, 2.24) is 0 Å². The van der Waals surface area contributed by atoms with Gasteiger partial charge in [-0.2, -0.15) is 0 Å². The monoisotopic (exact) mass is 193 g/mol. The van der Waals surface area contributed by atoms with Crippen molar-refractivity contribution in [3.63, 3.8) is 0 Å². The molecule has 3 N–H and O–H groups in total. The first-order valence-corrected chi connectivity index (χ1v) is 5.18. The highest BCUT2D eigenvalue weighted by atomic mass is 16.3. The second kappa shape index (κ2) is 5.78. The molecule has 1 atom stereocenters. The zero-order chi connectivity index (χ0) is 10.4. The molecule has 0 aromatic heterocycles. The quantitative estimate of drug-likeness (QED) is 0.744. The summed E-state index contributed by atoms with van der Waals surface area (Å²) in [5, 5.41) is 9.25. The summed E-state index contributed by atoms with van der Waals surface area (Å²) in [5.74, 6) is 0. The van der Waals surface area contributed by atoms with Crippen molar-refractivity contribution in [2.24, 2.45) is 5.73 Å². The summed E-state index contributed by atoms with van der Waals surface area (Å²) in [4.78, 5) is 0. The number of hydrogen-bond acceptors (Lipinski definition) is 2. The molecule has 0 bridgehead atoms. The highest BCUT2D eigenvalue weighted by molar-refractivity contribution is 5.24. The van der Waals surface area contributed by atoms with Crippen LogP contribution in [-0.4, -0.2) is 17.8 Å². The van der Waals surface area contributed by atoms with Gasteiger partial charge in [-0.25, -0.2) is 0 Å². The zero-order valence-corrected chi connectivity index (χ0v) is 8.74. The van der Waals surface area contributed by atoms with E-state index < -0.39 is 0 Å². The van der Waals surface area contributed by atoms with Gasteiger partial charge in [0.2, 0.25) is 0 Å². The maximum absolute atomic E-state index is 9.25. The normalized spacial score (nSPS) is 12.8. The molecular weight excluding hydrogens is 174 g/mol. The molecular formula is C12H19NO. The van der Waals surface area contributed by atoms with Crippen molar-refractivity contribution < 1.29 is 5.11 Å². The molecule has 0 spiro atoms. The summed E-state index contributed by atoms with van der Waals surface area (Å²) in [5.41, 5.74) is 7.97. The van der Waals surface area contributed by atoms with E-state index in [1.807, 2.05) is 13.0 Å². The van der Waals surface area contributed by atoms with Crippen LogP contribution in [0.1, 0.15) is 24.5 Å². The summed E-state index contributed by atoms with van der Waals surface area (Å²) in [6.45, 7) is 2.55. The minimum absolute atomic E-state index is 0.264. The van der Waals surface area contributed by atoms with Crippen LogP contribution in [0, 0.1) is 0 Å². The van der Waals surface area contributed by atoms with Gasteiger partial charge in [-0.05, 0) is 43.9 Å². The molecule has 1 unspecified atom stereocenters. The molecule has 0 radical (unpaired) electrons. The maximum atomic E-state index is 9.25. The van der Waals surface area contributed by atoms with Gasteiger partial charge in [0.1, 0.15) is 0 Å². The number of aryl methyl sites for hydroxylation is 1. The van der Waals surface area contributed by atoms with E-state index in [-0.39, 0.29) is 6.10 Å². The molecule has 0 saturated heterocycles. The van der Waals surface area contributed by atoms with Crippen molar-refractivity contribution in [2.45, 2.75) is 32.3 Å². The van der Waals surface area contributed by atoms with Gasteiger partial charge in [0.05, 0.1) is 6.10 Å². The van der Waals surface area contributed by atoms with Gasteiger partial charge in [-0.15, -0.1) is 0 Å². The highest BCUT2D eigenvalue weighted by Crippen LogP contribution is 2.09. The van der Waals surface area contributed by atoms with Crippen LogP contribution >= 0.6 is 0 Å². The molecule has 1 aromatic carbocycles. The van der Waals surface area contributed by atoms with E-state index in [0.29, 0.717) is 0 Å². The van der Waals surface area contributed by atoms with Crippen LogP contribution in [0.25, 0.3) is 0 Å². The second-order valence-corrected chi connectivity index (χ2v) is 3.77. The Morgan fingerprint density at radius 2 is 2.07 bits per heavy atom. The second-order valence-electron chi connectivity index (χ2n) is 3.77. The van der Waals surface area contributed by atoms with E-state index >= 15 is 0 Å². The molecule has 0 aliphatic heterocycles. The Morgan fingerprint density at radius 1 is 1.36 bits per heavy atom. The van der Waals surface area contributed by atoms with Crippen molar-refractivity contribution in [3.8, 4) is 0 Å². The molecule has 1 aromatic rings. The van der Waals surface area contributed by atoms with Crippen LogP contribution in [0.3, 0.4) is 0 Å². The van der Waals surface area contributed by atoms with Crippen LogP contribution in [0.15, 0.2) is 24.3 Å². The smallest absolute Gasteiger partial charge is 0.0552 e. The first kappa shape index (κ1) is 11.2. The Bertz CT molecular complexity index is 271. The average molecular weight is 193 g/mol. The van der Waals surface area contributed by atoms with Crippen molar-refractivity contribution in [2.75, 3.05) is 6.54 Å². The number of nitrogens with two attached hydrogens (primary N) is 1. The van der Waals surface area contributed by atoms with Gasteiger partial charge in [-0.1, -0.05) is 24.3 Å². The Kier molecular flexibility index (Phi) is 4.63. The van der Waals surface area contributed by atoms with Crippen molar-refractivity contribution >= 4 is 0 Å². The highest BCUT2D eigenvalue weighted by Gasteiger charge is 1.99. The molecule has 0 amide bonds. The Hall–Kier alpha value is -0.860. The van der Waals surface area contributed by atoms with E-state index in [0.717, 1.165) is 25.8 Å². The number of benzene rings is 1. The molecule has 0 fully saturated rings. The SMILES string of the molecule is CC(O)Cc1cccc(CCCN)c1. The van der Waals surface area contributed by atoms with Crippen LogP contribution in [0.5, 0.6) is 0 Å². The lowest BCUT2D eigenvalue weighted by molar-refractivity contribution is 0.195. The molecule has 14 heavy (non-hydrogen) atoms. The van der Waals surface area contributed by atoms with Crippen LogP contribution in [-0.2, 0) is 12.8 Å². The van der Waals surface area contributed by atoms with Gasteiger partial charge in [-0.3, -0.25) is 0 Å². The third kappa shape index (κ3) is 3.90. The van der Waals surface area contributed by atoms with E-state index in [1.165, 1.54) is 11.1 Å². The summed E-state index contributed by atoms with van der Waals surface area (Å²) in [6, 6.07) is 8.37. The maximum Gasteiger partial charge on any atom is 0.0552 e. The van der Waals surface area contributed by atoms with Gasteiger partial charge in [0.25, 0.3) is 0 Å². The van der Waals surface area contributed by atoms with Gasteiger partial charge in [0.15, 0.2) is 0 Å². The lowest BCUT2D eigenvalue weighted by atomic mass is 10.0. The topological polar surface area (TPSA) is 46.2 Å². The van der Waals surface area contributed by atoms with Gasteiger partial charge >= 0.3 is 0 Å². The lowest BCUT2D eigenvalue weighted by Gasteiger charge is -2.06. The summed E-state index contributed by atoms with van der Waals surface area (Å²) in [7, 11) is 0. The van der Waals surface area contributed by atoms with Crippen molar-refractivity contribution in [1.29, 1.82) is 0 Å². The zero-order valence-electron chi connectivity index (χ0n) is 8.74.